The normalized spacial score (nSPS) is 21.5. The van der Waals surface area contributed by atoms with E-state index in [0.717, 1.165) is 37.8 Å². The van der Waals surface area contributed by atoms with E-state index in [-0.39, 0.29) is 0 Å². The zero-order chi connectivity index (χ0) is 13.1. The fourth-order valence-electron chi connectivity index (χ4n) is 3.15. The van der Waals surface area contributed by atoms with Crippen LogP contribution in [0.2, 0.25) is 0 Å². The highest BCUT2D eigenvalue weighted by Crippen LogP contribution is 2.16. The summed E-state index contributed by atoms with van der Waals surface area (Å²) in [6.45, 7) is 5.59. The number of hydrogen-bond donors (Lipinski definition) is 1. The van der Waals surface area contributed by atoms with Gasteiger partial charge in [-0.05, 0) is 58.3 Å². The lowest BCUT2D eigenvalue weighted by atomic mass is 9.97. The largest absolute Gasteiger partial charge is 0.314 e. The Labute approximate surface area is 115 Å². The number of hydrogen-bond acceptors (Lipinski definition) is 4. The first-order valence-corrected chi connectivity index (χ1v) is 7.63. The van der Waals surface area contributed by atoms with E-state index >= 15 is 0 Å². The van der Waals surface area contributed by atoms with Crippen molar-refractivity contribution in [3.05, 3.63) is 11.6 Å². The average molecular weight is 263 g/mol. The van der Waals surface area contributed by atoms with Gasteiger partial charge in [0, 0.05) is 13.0 Å². The number of aryl methyl sites for hydroxylation is 1. The summed E-state index contributed by atoms with van der Waals surface area (Å²) in [5.41, 5.74) is 0. The number of piperidine rings is 1. The van der Waals surface area contributed by atoms with E-state index in [2.05, 4.69) is 32.0 Å². The molecule has 0 aromatic carbocycles. The number of likely N-dealkylation sites (tertiary alicyclic amines) is 1. The van der Waals surface area contributed by atoms with Crippen LogP contribution in [0.15, 0.2) is 0 Å². The van der Waals surface area contributed by atoms with E-state index in [1.165, 1.54) is 44.6 Å². The number of nitrogens with one attached hydrogen (secondary N) is 1. The lowest BCUT2D eigenvalue weighted by Gasteiger charge is -2.29. The third-order valence-electron chi connectivity index (χ3n) is 4.49. The van der Waals surface area contributed by atoms with Crippen molar-refractivity contribution in [1.82, 2.24) is 25.0 Å². The molecule has 0 saturated carbocycles. The first-order valence-electron chi connectivity index (χ1n) is 7.63. The molecule has 0 spiro atoms. The molecular formula is C14H25N5. The maximum absolute atomic E-state index is 4.33. The van der Waals surface area contributed by atoms with Crippen LogP contribution in [-0.2, 0) is 19.5 Å². The standard InChI is InChI=1S/C14H25N5/c1-18-8-5-12(6-9-18)10-15-11-14-17-16-13-4-2-3-7-19(13)14/h12,15H,2-11H2,1H3. The van der Waals surface area contributed by atoms with E-state index in [1.54, 1.807) is 0 Å². The zero-order valence-electron chi connectivity index (χ0n) is 11.9. The van der Waals surface area contributed by atoms with E-state index in [0.29, 0.717) is 0 Å². The van der Waals surface area contributed by atoms with E-state index < -0.39 is 0 Å². The Kier molecular flexibility index (Phi) is 4.13. The first kappa shape index (κ1) is 13.1. The van der Waals surface area contributed by atoms with E-state index in [1.807, 2.05) is 0 Å². The highest BCUT2D eigenvalue weighted by atomic mass is 15.3. The van der Waals surface area contributed by atoms with Gasteiger partial charge in [0.05, 0.1) is 6.54 Å². The summed E-state index contributed by atoms with van der Waals surface area (Å²) in [6, 6.07) is 0. The molecule has 19 heavy (non-hydrogen) atoms. The Hall–Kier alpha value is -0.940. The molecule has 1 fully saturated rings. The van der Waals surface area contributed by atoms with Crippen molar-refractivity contribution in [3.8, 4) is 0 Å². The molecule has 0 amide bonds. The predicted molar refractivity (Wildman–Crippen MR) is 74.9 cm³/mol. The second-order valence-corrected chi connectivity index (χ2v) is 6.02. The molecule has 0 bridgehead atoms. The van der Waals surface area contributed by atoms with Crippen LogP contribution in [0.3, 0.4) is 0 Å². The zero-order valence-corrected chi connectivity index (χ0v) is 11.9. The third kappa shape index (κ3) is 3.15. The summed E-state index contributed by atoms with van der Waals surface area (Å²) in [5.74, 6) is 3.14. The van der Waals surface area contributed by atoms with E-state index in [4.69, 9.17) is 0 Å². The SMILES string of the molecule is CN1CCC(CNCc2nnc3n2CCCC3)CC1. The van der Waals surface area contributed by atoms with Crippen molar-refractivity contribution in [2.75, 3.05) is 26.7 Å². The predicted octanol–water partition coefficient (Wildman–Crippen LogP) is 1.05. The lowest BCUT2D eigenvalue weighted by molar-refractivity contribution is 0.215. The lowest BCUT2D eigenvalue weighted by Crippen LogP contribution is -2.35. The Morgan fingerprint density at radius 3 is 2.84 bits per heavy atom. The fraction of sp³-hybridized carbons (Fsp3) is 0.857. The summed E-state index contributed by atoms with van der Waals surface area (Å²) in [5, 5.41) is 12.2. The van der Waals surface area contributed by atoms with Crippen LogP contribution in [0, 0.1) is 5.92 Å². The van der Waals surface area contributed by atoms with Crippen LogP contribution in [0.5, 0.6) is 0 Å². The molecule has 1 aromatic rings. The molecule has 5 nitrogen and oxygen atoms in total. The molecule has 0 atom stereocenters. The van der Waals surface area contributed by atoms with Crippen molar-refractivity contribution in [3.63, 3.8) is 0 Å². The van der Waals surface area contributed by atoms with Gasteiger partial charge in [0.15, 0.2) is 0 Å². The molecule has 1 N–H and O–H groups in total. The Morgan fingerprint density at radius 2 is 2.00 bits per heavy atom. The van der Waals surface area contributed by atoms with Gasteiger partial charge in [-0.3, -0.25) is 0 Å². The molecule has 0 radical (unpaired) electrons. The van der Waals surface area contributed by atoms with Gasteiger partial charge >= 0.3 is 0 Å². The van der Waals surface area contributed by atoms with Crippen molar-refractivity contribution < 1.29 is 0 Å². The summed E-state index contributed by atoms with van der Waals surface area (Å²) >= 11 is 0. The second-order valence-electron chi connectivity index (χ2n) is 6.02. The molecule has 3 heterocycles. The van der Waals surface area contributed by atoms with Crippen molar-refractivity contribution in [2.45, 2.75) is 45.2 Å². The summed E-state index contributed by atoms with van der Waals surface area (Å²) in [4.78, 5) is 2.42. The van der Waals surface area contributed by atoms with Gasteiger partial charge in [0.25, 0.3) is 0 Å². The Balaban J connectivity index is 1.46. The maximum Gasteiger partial charge on any atom is 0.147 e. The topological polar surface area (TPSA) is 46.0 Å². The smallest absolute Gasteiger partial charge is 0.147 e. The molecule has 2 aliphatic rings. The first-order chi connectivity index (χ1) is 9.33. The second kappa shape index (κ2) is 6.01. The Bertz CT molecular complexity index is 406. The number of aromatic nitrogens is 3. The maximum atomic E-state index is 4.33. The minimum Gasteiger partial charge on any atom is -0.314 e. The van der Waals surface area contributed by atoms with Gasteiger partial charge in [-0.1, -0.05) is 0 Å². The summed E-state index contributed by atoms with van der Waals surface area (Å²) in [6.07, 6.45) is 6.28. The minimum atomic E-state index is 0.833. The molecule has 0 aliphatic carbocycles. The fourth-order valence-corrected chi connectivity index (χ4v) is 3.15. The van der Waals surface area contributed by atoms with Crippen LogP contribution >= 0.6 is 0 Å². The molecule has 1 saturated heterocycles. The quantitative estimate of drug-likeness (QED) is 0.882. The molecule has 106 valence electrons. The molecule has 2 aliphatic heterocycles. The molecular weight excluding hydrogens is 238 g/mol. The van der Waals surface area contributed by atoms with Gasteiger partial charge in [-0.2, -0.15) is 0 Å². The van der Waals surface area contributed by atoms with E-state index in [9.17, 15) is 0 Å². The average Bonchev–Trinajstić information content (AvgIpc) is 2.85. The molecule has 5 heteroatoms. The van der Waals surface area contributed by atoms with Crippen LogP contribution in [0.1, 0.15) is 37.3 Å². The minimum absolute atomic E-state index is 0.833. The van der Waals surface area contributed by atoms with Crippen LogP contribution < -0.4 is 5.32 Å². The molecule has 3 rings (SSSR count). The summed E-state index contributed by atoms with van der Waals surface area (Å²) < 4.78 is 2.31. The highest BCUT2D eigenvalue weighted by Gasteiger charge is 2.18. The van der Waals surface area contributed by atoms with Crippen molar-refractivity contribution in [1.29, 1.82) is 0 Å². The molecule has 1 aromatic heterocycles. The number of rotatable bonds is 4. The number of nitrogens with zero attached hydrogens (tertiary/aromatic N) is 4. The Morgan fingerprint density at radius 1 is 1.16 bits per heavy atom. The third-order valence-corrected chi connectivity index (χ3v) is 4.49. The molecule has 0 unspecified atom stereocenters. The van der Waals surface area contributed by atoms with Crippen molar-refractivity contribution >= 4 is 0 Å². The van der Waals surface area contributed by atoms with Gasteiger partial charge in [0.1, 0.15) is 11.6 Å². The number of fused-ring (bicyclic) bond motifs is 1. The van der Waals surface area contributed by atoms with Gasteiger partial charge in [-0.25, -0.2) is 0 Å². The highest BCUT2D eigenvalue weighted by molar-refractivity contribution is 4.98. The summed E-state index contributed by atoms with van der Waals surface area (Å²) in [7, 11) is 2.21. The van der Waals surface area contributed by atoms with Crippen LogP contribution in [0.25, 0.3) is 0 Å². The van der Waals surface area contributed by atoms with Gasteiger partial charge in [-0.15, -0.1) is 10.2 Å². The van der Waals surface area contributed by atoms with Crippen LogP contribution in [-0.4, -0.2) is 46.3 Å². The van der Waals surface area contributed by atoms with Crippen LogP contribution in [0.4, 0.5) is 0 Å². The monoisotopic (exact) mass is 263 g/mol. The van der Waals surface area contributed by atoms with Crippen molar-refractivity contribution in [2.24, 2.45) is 5.92 Å². The van der Waals surface area contributed by atoms with Gasteiger partial charge in [0.2, 0.25) is 0 Å². The van der Waals surface area contributed by atoms with Gasteiger partial charge < -0.3 is 14.8 Å².